The van der Waals surface area contributed by atoms with Gasteiger partial charge in [0.05, 0.1) is 11.3 Å². The van der Waals surface area contributed by atoms with Crippen LogP contribution < -0.4 is 9.64 Å². The van der Waals surface area contributed by atoms with Crippen LogP contribution in [0, 0.1) is 5.92 Å². The molecule has 1 fully saturated rings. The largest absolute Gasteiger partial charge is 0.488 e. The summed E-state index contributed by atoms with van der Waals surface area (Å²) < 4.78 is 6.18. The summed E-state index contributed by atoms with van der Waals surface area (Å²) in [6.07, 6.45) is 7.48. The number of carbonyl (C=O) groups is 1. The van der Waals surface area contributed by atoms with Gasteiger partial charge in [0.1, 0.15) is 12.4 Å². The first-order valence-electron chi connectivity index (χ1n) is 13.1. The maximum absolute atomic E-state index is 11.7. The summed E-state index contributed by atoms with van der Waals surface area (Å²) in [6, 6.07) is 22.8. The van der Waals surface area contributed by atoms with E-state index in [4.69, 9.17) is 21.3 Å². The van der Waals surface area contributed by atoms with Gasteiger partial charge in [0, 0.05) is 28.2 Å². The molecule has 1 aliphatic rings. The molecule has 1 aromatic heterocycles. The molecule has 0 spiro atoms. The number of carboxylic acids is 1. The van der Waals surface area contributed by atoms with Crippen LogP contribution in [0.2, 0.25) is 5.02 Å². The van der Waals surface area contributed by atoms with Crippen LogP contribution in [0.25, 0.3) is 11.3 Å². The lowest BCUT2D eigenvalue weighted by Gasteiger charge is -2.27. The Hall–Kier alpha value is -3.35. The average Bonchev–Trinajstić information content (AvgIpc) is 3.43. The number of ether oxygens (including phenoxy) is 1. The summed E-state index contributed by atoms with van der Waals surface area (Å²) in [7, 11) is 0. The zero-order chi connectivity index (χ0) is 26.3. The van der Waals surface area contributed by atoms with Crippen molar-refractivity contribution < 1.29 is 14.6 Å². The molecule has 0 atom stereocenters. The number of rotatable bonds is 10. The van der Waals surface area contributed by atoms with Gasteiger partial charge in [0.15, 0.2) is 5.13 Å². The molecule has 1 aliphatic carbocycles. The quantitative estimate of drug-likeness (QED) is 0.215. The van der Waals surface area contributed by atoms with E-state index in [1.54, 1.807) is 29.5 Å². The molecule has 5 rings (SSSR count). The first-order valence-corrected chi connectivity index (χ1v) is 14.4. The normalized spacial score (nSPS) is 13.8. The van der Waals surface area contributed by atoms with Crippen LogP contribution in [0.5, 0.6) is 5.75 Å². The van der Waals surface area contributed by atoms with E-state index in [1.807, 2.05) is 60.0 Å². The van der Waals surface area contributed by atoms with Crippen LogP contribution in [-0.4, -0.2) is 22.6 Å². The third kappa shape index (κ3) is 6.55. The van der Waals surface area contributed by atoms with Crippen LogP contribution in [0.3, 0.4) is 0 Å². The third-order valence-corrected chi connectivity index (χ3v) is 8.17. The smallest absolute Gasteiger partial charge is 0.335 e. The molecular formula is C31H31ClN2O3S. The van der Waals surface area contributed by atoms with Crippen molar-refractivity contribution >= 4 is 39.7 Å². The fourth-order valence-corrected chi connectivity index (χ4v) is 6.05. The molecular weight excluding hydrogens is 516 g/mol. The molecule has 4 aromatic rings. The molecule has 0 amide bonds. The molecule has 0 unspecified atom stereocenters. The van der Waals surface area contributed by atoms with Gasteiger partial charge in [-0.3, -0.25) is 0 Å². The average molecular weight is 547 g/mol. The Morgan fingerprint density at radius 1 is 1.03 bits per heavy atom. The standard InChI is InChI=1S/C31H31ClN2O3S/c32-25-14-15-29(37-20-23-10-5-2-6-11-23)27(19-25)28-21-38-31(33-28)34(17-16-22-8-3-1-4-9-22)26-13-7-12-24(18-26)30(35)36/h2,5-7,10-15,18-19,21-22H,1,3-4,8-9,16-17,20H2,(H,35,36). The van der Waals surface area contributed by atoms with E-state index in [-0.39, 0.29) is 5.56 Å². The van der Waals surface area contributed by atoms with E-state index < -0.39 is 5.97 Å². The second kappa shape index (κ2) is 12.5. The van der Waals surface area contributed by atoms with Crippen molar-refractivity contribution in [1.29, 1.82) is 0 Å². The molecule has 3 aromatic carbocycles. The number of hydrogen-bond donors (Lipinski definition) is 1. The number of aromatic carboxylic acids is 1. The van der Waals surface area contributed by atoms with Crippen molar-refractivity contribution in [2.75, 3.05) is 11.4 Å². The summed E-state index contributed by atoms with van der Waals surface area (Å²) in [4.78, 5) is 18.8. The Kier molecular flexibility index (Phi) is 8.61. The second-order valence-corrected chi connectivity index (χ2v) is 11.0. The van der Waals surface area contributed by atoms with Gasteiger partial charge < -0.3 is 14.7 Å². The van der Waals surface area contributed by atoms with Crippen molar-refractivity contribution in [2.45, 2.75) is 45.1 Å². The van der Waals surface area contributed by atoms with E-state index in [1.165, 1.54) is 32.1 Å². The van der Waals surface area contributed by atoms with Gasteiger partial charge in [-0.05, 0) is 54.3 Å². The van der Waals surface area contributed by atoms with Gasteiger partial charge in [0.25, 0.3) is 0 Å². The predicted molar refractivity (Wildman–Crippen MR) is 155 cm³/mol. The summed E-state index contributed by atoms with van der Waals surface area (Å²) in [5, 5.41) is 13.0. The van der Waals surface area contributed by atoms with Gasteiger partial charge >= 0.3 is 5.97 Å². The molecule has 196 valence electrons. The highest BCUT2D eigenvalue weighted by Gasteiger charge is 2.21. The van der Waals surface area contributed by atoms with Crippen LogP contribution in [-0.2, 0) is 6.61 Å². The Labute approximate surface area is 232 Å². The van der Waals surface area contributed by atoms with Crippen LogP contribution in [0.1, 0.15) is 54.4 Å². The fraction of sp³-hybridized carbons (Fsp3) is 0.290. The summed E-state index contributed by atoms with van der Waals surface area (Å²) in [6.45, 7) is 1.23. The van der Waals surface area contributed by atoms with E-state index >= 15 is 0 Å². The summed E-state index contributed by atoms with van der Waals surface area (Å²) >= 11 is 7.93. The number of halogens is 1. The van der Waals surface area contributed by atoms with Gasteiger partial charge in [-0.15, -0.1) is 11.3 Å². The number of anilines is 2. The number of aromatic nitrogens is 1. The van der Waals surface area contributed by atoms with E-state index in [2.05, 4.69) is 4.90 Å². The summed E-state index contributed by atoms with van der Waals surface area (Å²) in [5.74, 6) is 0.481. The maximum atomic E-state index is 11.7. The minimum absolute atomic E-state index is 0.272. The Balaban J connectivity index is 1.43. The van der Waals surface area contributed by atoms with Crippen molar-refractivity contribution in [3.8, 4) is 17.0 Å². The lowest BCUT2D eigenvalue weighted by atomic mass is 9.87. The zero-order valence-corrected chi connectivity index (χ0v) is 22.8. The number of carboxylic acid groups (broad SMARTS) is 1. The molecule has 0 aliphatic heterocycles. The molecule has 0 bridgehead atoms. The molecule has 38 heavy (non-hydrogen) atoms. The van der Waals surface area contributed by atoms with E-state index in [0.717, 1.165) is 46.4 Å². The lowest BCUT2D eigenvalue weighted by molar-refractivity contribution is 0.0697. The topological polar surface area (TPSA) is 62.7 Å². The van der Waals surface area contributed by atoms with Gasteiger partial charge in [-0.25, -0.2) is 9.78 Å². The third-order valence-electron chi connectivity index (χ3n) is 7.07. The molecule has 1 heterocycles. The Morgan fingerprint density at radius 2 is 1.84 bits per heavy atom. The van der Waals surface area contributed by atoms with E-state index in [9.17, 15) is 9.90 Å². The molecule has 1 N–H and O–H groups in total. The van der Waals surface area contributed by atoms with Gasteiger partial charge in [0.2, 0.25) is 0 Å². The van der Waals surface area contributed by atoms with Gasteiger partial charge in [-0.1, -0.05) is 80.1 Å². The SMILES string of the molecule is O=C(O)c1cccc(N(CCC2CCCCC2)c2nc(-c3cc(Cl)ccc3OCc3ccccc3)cs2)c1. The first kappa shape index (κ1) is 26.3. The van der Waals surface area contributed by atoms with E-state index in [0.29, 0.717) is 17.5 Å². The predicted octanol–water partition coefficient (Wildman–Crippen LogP) is 8.85. The highest BCUT2D eigenvalue weighted by molar-refractivity contribution is 7.14. The number of thiazole rings is 1. The van der Waals surface area contributed by atoms with Crippen molar-refractivity contribution in [1.82, 2.24) is 4.98 Å². The van der Waals surface area contributed by atoms with Crippen LogP contribution in [0.4, 0.5) is 10.8 Å². The number of hydrogen-bond acceptors (Lipinski definition) is 5. The number of nitrogens with zero attached hydrogens (tertiary/aromatic N) is 2. The molecule has 0 radical (unpaired) electrons. The van der Waals surface area contributed by atoms with Crippen molar-refractivity contribution in [3.63, 3.8) is 0 Å². The molecule has 0 saturated heterocycles. The lowest BCUT2D eigenvalue weighted by Crippen LogP contribution is -2.22. The monoisotopic (exact) mass is 546 g/mol. The first-order chi connectivity index (χ1) is 18.6. The van der Waals surface area contributed by atoms with Crippen LogP contribution in [0.15, 0.2) is 78.2 Å². The minimum atomic E-state index is -0.932. The van der Waals surface area contributed by atoms with Crippen molar-refractivity contribution in [2.24, 2.45) is 5.92 Å². The highest BCUT2D eigenvalue weighted by atomic mass is 35.5. The summed E-state index contributed by atoms with van der Waals surface area (Å²) in [5.41, 5.74) is 3.82. The van der Waals surface area contributed by atoms with Gasteiger partial charge in [-0.2, -0.15) is 0 Å². The Morgan fingerprint density at radius 3 is 2.63 bits per heavy atom. The molecule has 5 nitrogen and oxygen atoms in total. The molecule has 1 saturated carbocycles. The fourth-order valence-electron chi connectivity index (χ4n) is 5.01. The highest BCUT2D eigenvalue weighted by Crippen LogP contribution is 2.38. The zero-order valence-electron chi connectivity index (χ0n) is 21.2. The minimum Gasteiger partial charge on any atom is -0.488 e. The second-order valence-electron chi connectivity index (χ2n) is 9.73. The van der Waals surface area contributed by atoms with Crippen LogP contribution >= 0.6 is 22.9 Å². The molecule has 7 heteroatoms. The van der Waals surface area contributed by atoms with Crippen molar-refractivity contribution in [3.05, 3.63) is 94.3 Å². The number of benzene rings is 3. The maximum Gasteiger partial charge on any atom is 0.335 e. The Bertz CT molecular complexity index is 1370.